The molecule has 0 aliphatic carbocycles. The fourth-order valence-corrected chi connectivity index (χ4v) is 4.20. The van der Waals surface area contributed by atoms with Gasteiger partial charge in [0.05, 0.1) is 11.1 Å². The zero-order chi connectivity index (χ0) is 17.1. The van der Waals surface area contributed by atoms with Crippen LogP contribution in [0.25, 0.3) is 10.2 Å². The van der Waals surface area contributed by atoms with Crippen LogP contribution in [0.4, 0.5) is 0 Å². The Morgan fingerprint density at radius 2 is 2.12 bits per heavy atom. The zero-order valence-electron chi connectivity index (χ0n) is 12.9. The van der Waals surface area contributed by atoms with Crippen LogP contribution in [0.2, 0.25) is 0 Å². The van der Waals surface area contributed by atoms with Gasteiger partial charge in [0.1, 0.15) is 4.83 Å². The van der Waals surface area contributed by atoms with Gasteiger partial charge >= 0.3 is 0 Å². The highest BCUT2D eigenvalue weighted by Crippen LogP contribution is 2.19. The molecule has 2 heterocycles. The number of nitrogens with zero attached hydrogens (tertiary/aromatic N) is 1. The Balaban J connectivity index is 1.69. The van der Waals surface area contributed by atoms with Gasteiger partial charge in [-0.1, -0.05) is 30.3 Å². The smallest absolute Gasteiger partial charge is 0.282 e. The van der Waals surface area contributed by atoms with Crippen LogP contribution in [0.5, 0.6) is 0 Å². The summed E-state index contributed by atoms with van der Waals surface area (Å²) in [7, 11) is 0. The first-order valence-corrected chi connectivity index (χ1v) is 9.59. The van der Waals surface area contributed by atoms with E-state index >= 15 is 0 Å². The number of benzene rings is 1. The number of thioether (sulfide) groups is 1. The number of aromatic nitrogens is 2. The van der Waals surface area contributed by atoms with E-state index in [1.54, 1.807) is 6.07 Å². The summed E-state index contributed by atoms with van der Waals surface area (Å²) in [6.07, 6.45) is 0. The molecule has 0 unspecified atom stereocenters. The van der Waals surface area contributed by atoms with Gasteiger partial charge in [0.15, 0.2) is 0 Å². The molecule has 0 atom stereocenters. The van der Waals surface area contributed by atoms with Crippen molar-refractivity contribution in [2.75, 3.05) is 11.2 Å². The first-order chi connectivity index (χ1) is 11.5. The number of fused-ring (bicyclic) bond motifs is 1. The average Bonchev–Trinajstić information content (AvgIpc) is 2.93. The molecule has 8 heteroatoms. The Kier molecular flexibility index (Phi) is 5.17. The summed E-state index contributed by atoms with van der Waals surface area (Å²) < 4.78 is 1.30. The average molecular weight is 378 g/mol. The van der Waals surface area contributed by atoms with E-state index in [2.05, 4.69) is 10.4 Å². The van der Waals surface area contributed by atoms with E-state index in [1.807, 2.05) is 37.3 Å². The van der Waals surface area contributed by atoms with Gasteiger partial charge in [-0.25, -0.2) is 0 Å². The van der Waals surface area contributed by atoms with Crippen molar-refractivity contribution in [1.82, 2.24) is 9.66 Å². The van der Waals surface area contributed by atoms with Crippen LogP contribution in [0, 0.1) is 11.7 Å². The van der Waals surface area contributed by atoms with Crippen molar-refractivity contribution in [3.63, 3.8) is 0 Å². The maximum Gasteiger partial charge on any atom is 0.282 e. The molecule has 0 fully saturated rings. The summed E-state index contributed by atoms with van der Waals surface area (Å²) in [5, 5.41) is 0.531. The second kappa shape index (κ2) is 7.33. The molecule has 3 rings (SSSR count). The van der Waals surface area contributed by atoms with Crippen LogP contribution in [0.1, 0.15) is 10.4 Å². The number of H-pyrrole nitrogens is 1. The number of nitrogens with one attached hydrogen (secondary N) is 2. The molecule has 0 bridgehead atoms. The van der Waals surface area contributed by atoms with Crippen molar-refractivity contribution in [3.8, 4) is 0 Å². The number of carbonyl (C=O) groups excluding carboxylic acids is 1. The van der Waals surface area contributed by atoms with E-state index in [4.69, 9.17) is 12.2 Å². The molecule has 1 aromatic carbocycles. The number of amides is 1. The molecule has 3 aromatic rings. The van der Waals surface area contributed by atoms with E-state index < -0.39 is 0 Å². The van der Waals surface area contributed by atoms with Crippen molar-refractivity contribution in [2.24, 2.45) is 0 Å². The zero-order valence-corrected chi connectivity index (χ0v) is 15.3. The molecule has 0 radical (unpaired) electrons. The van der Waals surface area contributed by atoms with Crippen molar-refractivity contribution in [2.45, 2.75) is 12.7 Å². The second-order valence-corrected chi connectivity index (χ2v) is 7.81. The molecular formula is C16H15N3O2S3. The largest absolute Gasteiger partial charge is 0.322 e. The number of carbonyl (C=O) groups is 1. The Labute approximate surface area is 151 Å². The highest BCUT2D eigenvalue weighted by atomic mass is 32.2. The number of thiophene rings is 1. The number of hydrogen-bond acceptors (Lipinski definition) is 5. The van der Waals surface area contributed by atoms with Gasteiger partial charge in [-0.15, -0.1) is 23.1 Å². The van der Waals surface area contributed by atoms with E-state index in [-0.39, 0.29) is 22.0 Å². The molecule has 0 aliphatic rings. The lowest BCUT2D eigenvalue weighted by atomic mass is 10.2. The normalized spacial score (nSPS) is 10.9. The van der Waals surface area contributed by atoms with Gasteiger partial charge in [0.25, 0.3) is 5.56 Å². The minimum Gasteiger partial charge on any atom is -0.322 e. The molecule has 2 aromatic heterocycles. The summed E-state index contributed by atoms with van der Waals surface area (Å²) >= 11 is 8.13. The van der Waals surface area contributed by atoms with Gasteiger partial charge < -0.3 is 4.98 Å². The van der Waals surface area contributed by atoms with Crippen LogP contribution in [0.15, 0.2) is 41.2 Å². The lowest BCUT2D eigenvalue weighted by Gasteiger charge is -2.08. The van der Waals surface area contributed by atoms with Crippen LogP contribution in [-0.4, -0.2) is 21.3 Å². The number of aryl methyl sites for hydroxylation is 1. The number of aromatic amines is 1. The molecule has 0 saturated carbocycles. The van der Waals surface area contributed by atoms with Crippen LogP contribution < -0.4 is 11.0 Å². The molecular weight excluding hydrogens is 362 g/mol. The standard InChI is InChI=1S/C16H15N3O2S3/c1-10-7-12-14(24-10)17-16(22)19(15(12)21)18-13(20)9-23-8-11-5-3-2-4-6-11/h2-7H,8-9H2,1H3,(H,17,22)(H,18,20). The lowest BCUT2D eigenvalue weighted by Crippen LogP contribution is -2.35. The Morgan fingerprint density at radius 1 is 1.38 bits per heavy atom. The third-order valence-corrected chi connectivity index (χ3v) is 5.55. The van der Waals surface area contributed by atoms with Crippen LogP contribution in [-0.2, 0) is 10.5 Å². The first kappa shape index (κ1) is 16.9. The van der Waals surface area contributed by atoms with E-state index in [0.29, 0.717) is 5.39 Å². The van der Waals surface area contributed by atoms with Crippen LogP contribution in [0.3, 0.4) is 0 Å². The quantitative estimate of drug-likeness (QED) is 0.669. The van der Waals surface area contributed by atoms with Crippen molar-refractivity contribution in [1.29, 1.82) is 0 Å². The van der Waals surface area contributed by atoms with Crippen molar-refractivity contribution < 1.29 is 4.79 Å². The fraction of sp³-hybridized carbons (Fsp3) is 0.188. The topological polar surface area (TPSA) is 66.9 Å². The van der Waals surface area contributed by atoms with E-state index in [1.165, 1.54) is 23.1 Å². The summed E-state index contributed by atoms with van der Waals surface area (Å²) in [4.78, 5) is 29.3. The van der Waals surface area contributed by atoms with Gasteiger partial charge in [0, 0.05) is 10.6 Å². The number of rotatable bonds is 5. The van der Waals surface area contributed by atoms with E-state index in [9.17, 15) is 9.59 Å². The Bertz CT molecular complexity index is 989. The molecule has 0 aliphatic heterocycles. The maximum atomic E-state index is 12.5. The predicted octanol–water partition coefficient (Wildman–Crippen LogP) is 3.43. The Hall–Kier alpha value is -1.90. The van der Waals surface area contributed by atoms with Crippen molar-refractivity contribution >= 4 is 51.4 Å². The molecule has 0 spiro atoms. The van der Waals surface area contributed by atoms with Gasteiger partial charge in [-0.2, -0.15) is 4.68 Å². The minimum atomic E-state index is -0.306. The van der Waals surface area contributed by atoms with Gasteiger partial charge in [-0.3, -0.25) is 15.0 Å². The summed E-state index contributed by atoms with van der Waals surface area (Å²) in [6, 6.07) is 11.7. The highest BCUT2D eigenvalue weighted by molar-refractivity contribution is 7.99. The molecule has 2 N–H and O–H groups in total. The predicted molar refractivity (Wildman–Crippen MR) is 103 cm³/mol. The summed E-state index contributed by atoms with van der Waals surface area (Å²) in [5.74, 6) is 0.721. The maximum absolute atomic E-state index is 12.5. The Morgan fingerprint density at radius 3 is 2.88 bits per heavy atom. The van der Waals surface area contributed by atoms with E-state index in [0.717, 1.165) is 25.7 Å². The molecule has 0 saturated heterocycles. The third kappa shape index (κ3) is 3.77. The van der Waals surface area contributed by atoms with Gasteiger partial charge in [0.2, 0.25) is 10.7 Å². The molecule has 1 amide bonds. The monoisotopic (exact) mass is 377 g/mol. The summed E-state index contributed by atoms with van der Waals surface area (Å²) in [6.45, 7) is 1.92. The highest BCUT2D eigenvalue weighted by Gasteiger charge is 2.11. The fourth-order valence-electron chi connectivity index (χ4n) is 2.23. The second-order valence-electron chi connectivity index (χ2n) is 5.18. The first-order valence-electron chi connectivity index (χ1n) is 7.21. The van der Waals surface area contributed by atoms with Crippen molar-refractivity contribution in [3.05, 3.63) is 62.0 Å². The molecule has 5 nitrogen and oxygen atoms in total. The molecule has 124 valence electrons. The lowest BCUT2D eigenvalue weighted by molar-refractivity contribution is -0.114. The molecule has 24 heavy (non-hydrogen) atoms. The third-order valence-electron chi connectivity index (χ3n) is 3.29. The summed E-state index contributed by atoms with van der Waals surface area (Å²) in [5.41, 5.74) is 3.43. The van der Waals surface area contributed by atoms with Crippen LogP contribution >= 0.6 is 35.3 Å². The number of hydrogen-bond donors (Lipinski definition) is 2. The van der Waals surface area contributed by atoms with Gasteiger partial charge in [-0.05, 0) is 30.8 Å². The SMILES string of the molecule is Cc1cc2c(=O)n(NC(=O)CSCc3ccccc3)c(=S)[nH]c2s1. The minimum absolute atomic E-state index is 0.191.